The lowest BCUT2D eigenvalue weighted by atomic mass is 9.92. The van der Waals surface area contributed by atoms with Crippen molar-refractivity contribution in [3.63, 3.8) is 0 Å². The molecular weight excluding hydrogens is 274 g/mol. The predicted molar refractivity (Wildman–Crippen MR) is 75.0 cm³/mol. The lowest BCUT2D eigenvalue weighted by Gasteiger charge is -2.35. The van der Waals surface area contributed by atoms with Crippen LogP contribution in [0.4, 0.5) is 4.79 Å². The van der Waals surface area contributed by atoms with Crippen LogP contribution in [0.25, 0.3) is 0 Å². The van der Waals surface area contributed by atoms with Gasteiger partial charge in [0.05, 0.1) is 0 Å². The molecule has 2 aliphatic rings. The van der Waals surface area contributed by atoms with Crippen LogP contribution >= 0.6 is 24.2 Å². The van der Waals surface area contributed by atoms with Crippen LogP contribution in [0.2, 0.25) is 0 Å². The number of likely N-dealkylation sites (tertiary alicyclic amines) is 1. The van der Waals surface area contributed by atoms with Crippen LogP contribution in [-0.2, 0) is 4.79 Å². The molecule has 0 bridgehead atoms. The molecule has 2 amide bonds. The van der Waals surface area contributed by atoms with Crippen molar-refractivity contribution in [3.8, 4) is 0 Å². The second-order valence-corrected chi connectivity index (χ2v) is 5.83. The third-order valence-corrected chi connectivity index (χ3v) is 4.36. The first kappa shape index (κ1) is 15.6. The lowest BCUT2D eigenvalue weighted by Crippen LogP contribution is -2.51. The van der Waals surface area contributed by atoms with Crippen molar-refractivity contribution in [1.82, 2.24) is 10.2 Å². The Labute approximate surface area is 118 Å². The van der Waals surface area contributed by atoms with Gasteiger partial charge in [-0.3, -0.25) is 9.59 Å². The van der Waals surface area contributed by atoms with Crippen molar-refractivity contribution in [2.75, 3.05) is 18.8 Å². The molecule has 2 fully saturated rings. The van der Waals surface area contributed by atoms with Gasteiger partial charge in [-0.2, -0.15) is 0 Å². The van der Waals surface area contributed by atoms with Crippen LogP contribution in [0, 0.1) is 5.92 Å². The fourth-order valence-electron chi connectivity index (χ4n) is 2.38. The number of piperidine rings is 1. The van der Waals surface area contributed by atoms with Gasteiger partial charge >= 0.3 is 0 Å². The molecule has 3 atom stereocenters. The molecule has 0 aromatic heterocycles. The molecule has 2 unspecified atom stereocenters. The molecule has 0 aromatic carbocycles. The van der Waals surface area contributed by atoms with Gasteiger partial charge in [0.15, 0.2) is 0 Å². The summed E-state index contributed by atoms with van der Waals surface area (Å²) in [6.07, 6.45) is 2.10. The van der Waals surface area contributed by atoms with Gasteiger partial charge in [0.2, 0.25) is 5.91 Å². The highest BCUT2D eigenvalue weighted by molar-refractivity contribution is 8.14. The molecule has 2 aliphatic heterocycles. The number of hydrogen-bond acceptors (Lipinski definition) is 4. The monoisotopic (exact) mass is 293 g/mol. The average molecular weight is 294 g/mol. The van der Waals surface area contributed by atoms with Crippen LogP contribution in [-0.4, -0.2) is 47.0 Å². The van der Waals surface area contributed by atoms with Crippen LogP contribution < -0.4 is 11.1 Å². The van der Waals surface area contributed by atoms with Gasteiger partial charge < -0.3 is 16.0 Å². The van der Waals surface area contributed by atoms with Crippen molar-refractivity contribution in [3.05, 3.63) is 0 Å². The Balaban J connectivity index is 0.00000162. The lowest BCUT2D eigenvalue weighted by molar-refractivity contribution is -0.134. The van der Waals surface area contributed by atoms with E-state index in [2.05, 4.69) is 5.32 Å². The van der Waals surface area contributed by atoms with Gasteiger partial charge in [-0.05, 0) is 25.7 Å². The van der Waals surface area contributed by atoms with Gasteiger partial charge in [0.1, 0.15) is 6.04 Å². The molecule has 3 N–H and O–H groups in total. The van der Waals surface area contributed by atoms with Crippen molar-refractivity contribution in [2.24, 2.45) is 11.7 Å². The number of nitrogens with one attached hydrogen (secondary N) is 1. The van der Waals surface area contributed by atoms with E-state index in [1.54, 1.807) is 0 Å². The van der Waals surface area contributed by atoms with Crippen molar-refractivity contribution >= 4 is 35.3 Å². The zero-order valence-corrected chi connectivity index (χ0v) is 12.1. The molecule has 5 nitrogen and oxygen atoms in total. The maximum absolute atomic E-state index is 12.2. The van der Waals surface area contributed by atoms with Gasteiger partial charge in [-0.1, -0.05) is 11.8 Å². The summed E-state index contributed by atoms with van der Waals surface area (Å²) in [5, 5.41) is 2.60. The fraction of sp³-hybridized carbons (Fsp3) is 0.818. The zero-order valence-electron chi connectivity index (χ0n) is 10.4. The van der Waals surface area contributed by atoms with Gasteiger partial charge in [-0.25, -0.2) is 0 Å². The number of amides is 2. The quantitative estimate of drug-likeness (QED) is 0.790. The van der Waals surface area contributed by atoms with E-state index in [9.17, 15) is 9.59 Å². The van der Waals surface area contributed by atoms with E-state index in [4.69, 9.17) is 5.73 Å². The predicted octanol–water partition coefficient (Wildman–Crippen LogP) is 0.819. The highest BCUT2D eigenvalue weighted by atomic mass is 35.5. The Morgan fingerprint density at radius 3 is 2.89 bits per heavy atom. The molecule has 2 saturated heterocycles. The molecule has 0 aromatic rings. The van der Waals surface area contributed by atoms with E-state index in [0.717, 1.165) is 25.9 Å². The van der Waals surface area contributed by atoms with Crippen LogP contribution in [0.15, 0.2) is 0 Å². The summed E-state index contributed by atoms with van der Waals surface area (Å²) in [5.74, 6) is 0.989. The van der Waals surface area contributed by atoms with Crippen molar-refractivity contribution in [1.29, 1.82) is 0 Å². The van der Waals surface area contributed by atoms with Gasteiger partial charge in [0.25, 0.3) is 5.24 Å². The number of carbonyl (C=O) groups is 2. The van der Waals surface area contributed by atoms with Crippen LogP contribution in [0.5, 0.6) is 0 Å². The first-order valence-electron chi connectivity index (χ1n) is 6.05. The van der Waals surface area contributed by atoms with Gasteiger partial charge in [0, 0.05) is 24.9 Å². The molecule has 104 valence electrons. The Morgan fingerprint density at radius 2 is 2.33 bits per heavy atom. The Hall–Kier alpha value is -0.460. The van der Waals surface area contributed by atoms with Crippen molar-refractivity contribution in [2.45, 2.75) is 31.8 Å². The molecule has 18 heavy (non-hydrogen) atoms. The second kappa shape index (κ2) is 6.63. The smallest absolute Gasteiger partial charge is 0.279 e. The first-order valence-corrected chi connectivity index (χ1v) is 7.04. The Morgan fingerprint density at radius 1 is 1.61 bits per heavy atom. The summed E-state index contributed by atoms with van der Waals surface area (Å²) in [4.78, 5) is 25.1. The zero-order chi connectivity index (χ0) is 12.4. The number of hydrogen-bond donors (Lipinski definition) is 2. The topological polar surface area (TPSA) is 75.4 Å². The van der Waals surface area contributed by atoms with E-state index in [1.807, 2.05) is 11.8 Å². The minimum absolute atomic E-state index is 0. The molecule has 2 heterocycles. The molecule has 2 rings (SSSR count). The molecule has 0 aliphatic carbocycles. The molecule has 0 spiro atoms. The number of carbonyl (C=O) groups excluding carboxylic acids is 2. The van der Waals surface area contributed by atoms with E-state index in [-0.39, 0.29) is 35.6 Å². The second-order valence-electron chi connectivity index (χ2n) is 4.84. The average Bonchev–Trinajstić information content (AvgIpc) is 2.75. The normalized spacial score (nSPS) is 29.4. The summed E-state index contributed by atoms with van der Waals surface area (Å²) < 4.78 is 0. The highest BCUT2D eigenvalue weighted by Crippen LogP contribution is 2.21. The molecule has 0 saturated carbocycles. The number of thioether (sulfide) groups is 1. The highest BCUT2D eigenvalue weighted by Gasteiger charge is 2.34. The van der Waals surface area contributed by atoms with E-state index >= 15 is 0 Å². The number of halogens is 1. The van der Waals surface area contributed by atoms with E-state index < -0.39 is 0 Å². The molecule has 7 heteroatoms. The van der Waals surface area contributed by atoms with Crippen molar-refractivity contribution < 1.29 is 9.59 Å². The fourth-order valence-corrected chi connectivity index (χ4v) is 3.15. The largest absolute Gasteiger partial charge is 0.341 e. The standard InChI is InChI=1S/C11H19N3O2S.ClH/c1-7(12)8-3-2-4-14(5-8)10(15)9-6-17-11(16)13-9;/h7-9H,2-6,12H2,1H3,(H,13,16);1H/t7?,8?,9-;/m0./s1. The third kappa shape index (κ3) is 3.52. The SMILES string of the molecule is CC(N)C1CCCN(C(=O)[C@@H]2CSC(=O)N2)C1.Cl. The molecular formula is C11H20ClN3O2S. The summed E-state index contributed by atoms with van der Waals surface area (Å²) in [7, 11) is 0. The van der Waals surface area contributed by atoms with E-state index in [0.29, 0.717) is 11.7 Å². The van der Waals surface area contributed by atoms with E-state index in [1.165, 1.54) is 11.8 Å². The van der Waals surface area contributed by atoms with Crippen LogP contribution in [0.3, 0.4) is 0 Å². The third-order valence-electron chi connectivity index (χ3n) is 3.48. The minimum Gasteiger partial charge on any atom is -0.341 e. The Kier molecular flexibility index (Phi) is 5.75. The number of nitrogens with two attached hydrogens (primary N) is 1. The maximum Gasteiger partial charge on any atom is 0.279 e. The summed E-state index contributed by atoms with van der Waals surface area (Å²) >= 11 is 1.18. The Bertz CT molecular complexity index is 327. The maximum atomic E-state index is 12.2. The van der Waals surface area contributed by atoms with Crippen LogP contribution in [0.1, 0.15) is 19.8 Å². The number of nitrogens with zero attached hydrogens (tertiary/aromatic N) is 1. The summed E-state index contributed by atoms with van der Waals surface area (Å²) in [6, 6.07) is -0.211. The molecule has 0 radical (unpaired) electrons. The number of rotatable bonds is 2. The summed E-state index contributed by atoms with van der Waals surface area (Å²) in [6.45, 7) is 3.51. The van der Waals surface area contributed by atoms with Gasteiger partial charge in [-0.15, -0.1) is 12.4 Å². The first-order chi connectivity index (χ1) is 8.08. The summed E-state index contributed by atoms with van der Waals surface area (Å²) in [5.41, 5.74) is 5.89. The minimum atomic E-state index is -0.334.